The highest BCUT2D eigenvalue weighted by molar-refractivity contribution is 5.91. The lowest BCUT2D eigenvalue weighted by molar-refractivity contribution is -0.306. The van der Waals surface area contributed by atoms with Crippen LogP contribution in [0.2, 0.25) is 0 Å². The van der Waals surface area contributed by atoms with Crippen molar-refractivity contribution in [2.45, 2.75) is 31.8 Å². The Morgan fingerprint density at radius 1 is 0.655 bits per heavy atom. The van der Waals surface area contributed by atoms with Gasteiger partial charge in [-0.15, -0.1) is 0 Å². The first-order valence-electron chi connectivity index (χ1n) is 9.21. The van der Waals surface area contributed by atoms with Crippen molar-refractivity contribution >= 4 is 5.97 Å². The summed E-state index contributed by atoms with van der Waals surface area (Å²) in [5, 5.41) is 17.1. The molecule has 29 heavy (non-hydrogen) atoms. The van der Waals surface area contributed by atoms with E-state index >= 15 is 0 Å². The molecule has 0 aliphatic heterocycles. The number of hydrogen-bond donors (Lipinski definition) is 2. The van der Waals surface area contributed by atoms with Crippen molar-refractivity contribution in [1.82, 2.24) is 0 Å². The zero-order valence-electron chi connectivity index (χ0n) is 16.8. The van der Waals surface area contributed by atoms with Crippen molar-refractivity contribution in [3.8, 4) is 0 Å². The highest BCUT2D eigenvalue weighted by Crippen LogP contribution is 2.40. The zero-order chi connectivity index (χ0) is 21.3. The molecule has 2 N–H and O–H groups in total. The number of carbonyl (C=O) groups excluding carboxylic acids is 1. The van der Waals surface area contributed by atoms with Gasteiger partial charge in [-0.3, -0.25) is 10.1 Å². The molecule has 0 spiro atoms. The van der Waals surface area contributed by atoms with Crippen LogP contribution in [0.25, 0.3) is 0 Å². The van der Waals surface area contributed by atoms with E-state index in [-0.39, 0.29) is 0 Å². The molecule has 0 radical (unpaired) electrons. The standard InChI is InChI=1S/C20H16O3.C4H10O2/c21-19(23-22)20(16-10-4-1-5-11-16,17-12-6-2-7-13-17)18-14-8-3-9-15-18;1-4(2,3)6-5/h1-15,22H;5H,1-3H3. The SMILES string of the molecule is CC(C)(C)OO.O=C(OO)C(c1ccccc1)(c1ccccc1)c1ccccc1. The molecule has 152 valence electrons. The van der Waals surface area contributed by atoms with E-state index in [4.69, 9.17) is 5.26 Å². The van der Waals surface area contributed by atoms with Gasteiger partial charge in [0.2, 0.25) is 0 Å². The van der Waals surface area contributed by atoms with Gasteiger partial charge in [0.15, 0.2) is 0 Å². The Morgan fingerprint density at radius 3 is 1.14 bits per heavy atom. The Kier molecular flexibility index (Phi) is 7.67. The Balaban J connectivity index is 0.000000438. The second-order valence-electron chi connectivity index (χ2n) is 7.43. The van der Waals surface area contributed by atoms with E-state index in [1.807, 2.05) is 91.0 Å². The van der Waals surface area contributed by atoms with Crippen LogP contribution >= 0.6 is 0 Å². The molecule has 3 aromatic carbocycles. The lowest BCUT2D eigenvalue weighted by Crippen LogP contribution is -2.39. The summed E-state index contributed by atoms with van der Waals surface area (Å²) >= 11 is 0. The first-order valence-corrected chi connectivity index (χ1v) is 9.21. The molecule has 0 aliphatic rings. The summed E-state index contributed by atoms with van der Waals surface area (Å²) in [7, 11) is 0. The van der Waals surface area contributed by atoms with Crippen LogP contribution in [0, 0.1) is 0 Å². The molecule has 5 heteroatoms. The monoisotopic (exact) mass is 394 g/mol. The Morgan fingerprint density at radius 2 is 0.931 bits per heavy atom. The number of benzene rings is 3. The summed E-state index contributed by atoms with van der Waals surface area (Å²) in [5.41, 5.74) is 0.572. The maximum absolute atomic E-state index is 12.8. The smallest absolute Gasteiger partial charge is 0.299 e. The number of rotatable bonds is 4. The molecule has 3 aromatic rings. The maximum Gasteiger partial charge on any atom is 0.361 e. The Labute approximate surface area is 171 Å². The van der Waals surface area contributed by atoms with Gasteiger partial charge in [-0.05, 0) is 37.5 Å². The van der Waals surface area contributed by atoms with Gasteiger partial charge < -0.3 is 0 Å². The van der Waals surface area contributed by atoms with E-state index in [2.05, 4.69) is 9.78 Å². The van der Waals surface area contributed by atoms with E-state index in [0.29, 0.717) is 0 Å². The van der Waals surface area contributed by atoms with Gasteiger partial charge in [0.05, 0.1) is 5.60 Å². The van der Waals surface area contributed by atoms with Gasteiger partial charge in [0, 0.05) is 0 Å². The van der Waals surface area contributed by atoms with Crippen LogP contribution in [0.15, 0.2) is 91.0 Å². The number of carbonyl (C=O) groups is 1. The van der Waals surface area contributed by atoms with Gasteiger partial charge in [0.1, 0.15) is 5.41 Å². The molecule has 0 unspecified atom stereocenters. The predicted molar refractivity (Wildman–Crippen MR) is 111 cm³/mol. The van der Waals surface area contributed by atoms with Crippen molar-refractivity contribution in [2.24, 2.45) is 0 Å². The van der Waals surface area contributed by atoms with Gasteiger partial charge in [0.25, 0.3) is 0 Å². The summed E-state index contributed by atoms with van der Waals surface area (Å²) < 4.78 is 0. The lowest BCUT2D eigenvalue weighted by atomic mass is 9.69. The fraction of sp³-hybridized carbons (Fsp3) is 0.208. The predicted octanol–water partition coefficient (Wildman–Crippen LogP) is 5.31. The Bertz CT molecular complexity index is 775. The molecule has 0 saturated carbocycles. The van der Waals surface area contributed by atoms with Crippen LogP contribution in [0.1, 0.15) is 37.5 Å². The van der Waals surface area contributed by atoms with Crippen LogP contribution in [-0.4, -0.2) is 22.1 Å². The first-order chi connectivity index (χ1) is 13.9. The van der Waals surface area contributed by atoms with Crippen LogP contribution in [0.4, 0.5) is 0 Å². The molecule has 3 rings (SSSR count). The van der Waals surface area contributed by atoms with Gasteiger partial charge in [-0.2, -0.15) is 5.26 Å². The fourth-order valence-electron chi connectivity index (χ4n) is 2.99. The zero-order valence-corrected chi connectivity index (χ0v) is 16.8. The lowest BCUT2D eigenvalue weighted by Gasteiger charge is -2.31. The molecule has 0 fully saturated rings. The van der Waals surface area contributed by atoms with Crippen molar-refractivity contribution in [2.75, 3.05) is 0 Å². The molecular weight excluding hydrogens is 368 g/mol. The third kappa shape index (κ3) is 5.29. The minimum atomic E-state index is -1.22. The molecule has 0 aromatic heterocycles. The van der Waals surface area contributed by atoms with Crippen molar-refractivity contribution in [3.05, 3.63) is 108 Å². The third-order valence-electron chi connectivity index (χ3n) is 4.28. The average molecular weight is 394 g/mol. The molecule has 0 bridgehead atoms. The van der Waals surface area contributed by atoms with Crippen molar-refractivity contribution in [3.63, 3.8) is 0 Å². The summed E-state index contributed by atoms with van der Waals surface area (Å²) in [5.74, 6) is -0.735. The highest BCUT2D eigenvalue weighted by Gasteiger charge is 2.45. The summed E-state index contributed by atoms with van der Waals surface area (Å²) in [6, 6.07) is 28.0. The van der Waals surface area contributed by atoms with E-state index in [1.165, 1.54) is 0 Å². The minimum absolute atomic E-state index is 0.403. The van der Waals surface area contributed by atoms with Crippen LogP contribution in [0.5, 0.6) is 0 Å². The Hall–Kier alpha value is -2.99. The van der Waals surface area contributed by atoms with E-state index in [1.54, 1.807) is 20.8 Å². The first kappa shape index (κ1) is 22.3. The fourth-order valence-corrected chi connectivity index (χ4v) is 2.99. The van der Waals surface area contributed by atoms with Crippen molar-refractivity contribution < 1.29 is 25.1 Å². The van der Waals surface area contributed by atoms with E-state index < -0.39 is 17.0 Å². The topological polar surface area (TPSA) is 76.0 Å². The molecular formula is C24H26O5. The molecule has 0 atom stereocenters. The van der Waals surface area contributed by atoms with Crippen molar-refractivity contribution in [1.29, 1.82) is 0 Å². The van der Waals surface area contributed by atoms with Gasteiger partial charge in [-0.1, -0.05) is 91.0 Å². The quantitative estimate of drug-likeness (QED) is 0.356. The number of hydrogen-bond acceptors (Lipinski definition) is 5. The normalized spacial score (nSPS) is 11.2. The second kappa shape index (κ2) is 9.98. The summed E-state index contributed by atoms with van der Waals surface area (Å²) in [4.78, 5) is 20.9. The van der Waals surface area contributed by atoms with E-state index in [9.17, 15) is 10.1 Å². The molecule has 0 amide bonds. The summed E-state index contributed by atoms with van der Waals surface area (Å²) in [6.07, 6.45) is 0. The molecule has 5 nitrogen and oxygen atoms in total. The third-order valence-corrected chi connectivity index (χ3v) is 4.28. The molecule has 0 saturated heterocycles. The minimum Gasteiger partial charge on any atom is -0.299 e. The largest absolute Gasteiger partial charge is 0.361 e. The molecule has 0 aliphatic carbocycles. The average Bonchev–Trinajstić information content (AvgIpc) is 2.76. The van der Waals surface area contributed by atoms with Crippen LogP contribution < -0.4 is 0 Å². The second-order valence-corrected chi connectivity index (χ2v) is 7.43. The van der Waals surface area contributed by atoms with Gasteiger partial charge in [-0.25, -0.2) is 9.68 Å². The molecule has 0 heterocycles. The summed E-state index contributed by atoms with van der Waals surface area (Å²) in [6.45, 7) is 5.31. The van der Waals surface area contributed by atoms with Crippen LogP contribution in [-0.2, 0) is 20.0 Å². The highest BCUT2D eigenvalue weighted by atomic mass is 17.1. The van der Waals surface area contributed by atoms with Gasteiger partial charge >= 0.3 is 5.97 Å². The maximum atomic E-state index is 12.8. The van der Waals surface area contributed by atoms with E-state index in [0.717, 1.165) is 16.7 Å². The van der Waals surface area contributed by atoms with Crippen LogP contribution in [0.3, 0.4) is 0 Å².